The van der Waals surface area contributed by atoms with E-state index < -0.39 is 16.2 Å². The number of aromatic nitrogens is 2. The zero-order chi connectivity index (χ0) is 19.0. The van der Waals surface area contributed by atoms with E-state index in [1.54, 1.807) is 23.1 Å². The second-order valence-corrected chi connectivity index (χ2v) is 7.07. The lowest BCUT2D eigenvalue weighted by atomic mass is 9.95. The molecule has 0 spiro atoms. The van der Waals surface area contributed by atoms with Gasteiger partial charge in [-0.15, -0.1) is 0 Å². The number of amides is 1. The molecule has 0 saturated carbocycles. The maximum atomic E-state index is 12.6. The van der Waals surface area contributed by atoms with E-state index in [9.17, 15) is 19.7 Å². The molecule has 4 rings (SSSR count). The Bertz CT molecular complexity index is 942. The van der Waals surface area contributed by atoms with Crippen LogP contribution in [0.3, 0.4) is 0 Å². The Kier molecular flexibility index (Phi) is 4.51. The van der Waals surface area contributed by atoms with Crippen LogP contribution in [0.25, 0.3) is 5.65 Å². The van der Waals surface area contributed by atoms with Crippen molar-refractivity contribution in [1.82, 2.24) is 14.3 Å². The highest BCUT2D eigenvalue weighted by Crippen LogP contribution is 2.29. The van der Waals surface area contributed by atoms with Gasteiger partial charge in [0.1, 0.15) is 5.65 Å². The predicted octanol–water partition coefficient (Wildman–Crippen LogP) is 1.44. The van der Waals surface area contributed by atoms with Crippen molar-refractivity contribution >= 4 is 23.1 Å². The fourth-order valence-corrected chi connectivity index (χ4v) is 3.98. The smallest absolute Gasteiger partial charge is 0.351 e. The average Bonchev–Trinajstić information content (AvgIpc) is 3.22. The first-order valence-electron chi connectivity index (χ1n) is 9.26. The number of fused-ring (bicyclic) bond motifs is 1. The molecule has 0 atom stereocenters. The zero-order valence-electron chi connectivity index (χ0n) is 14.9. The highest BCUT2D eigenvalue weighted by molar-refractivity contribution is 5.79. The Morgan fingerprint density at radius 1 is 1.15 bits per heavy atom. The summed E-state index contributed by atoms with van der Waals surface area (Å²) >= 11 is 0. The lowest BCUT2D eigenvalue weighted by Crippen LogP contribution is -2.42. The number of hydrogen-bond acceptors (Lipinski definition) is 6. The van der Waals surface area contributed by atoms with Gasteiger partial charge in [-0.1, -0.05) is 6.07 Å². The number of anilines is 1. The molecule has 2 aliphatic heterocycles. The van der Waals surface area contributed by atoms with Crippen LogP contribution in [0.1, 0.15) is 25.7 Å². The van der Waals surface area contributed by atoms with Gasteiger partial charge in [0.2, 0.25) is 11.7 Å². The molecule has 0 aromatic carbocycles. The van der Waals surface area contributed by atoms with Crippen molar-refractivity contribution in [3.8, 4) is 0 Å². The second-order valence-electron chi connectivity index (χ2n) is 7.07. The molecule has 4 heterocycles. The number of carbonyl (C=O) groups is 1. The van der Waals surface area contributed by atoms with Gasteiger partial charge in [-0.25, -0.2) is 4.98 Å². The normalized spacial score (nSPS) is 18.2. The van der Waals surface area contributed by atoms with Crippen LogP contribution in [0.15, 0.2) is 29.2 Å². The minimum atomic E-state index is -0.684. The molecular weight excluding hydrogens is 350 g/mol. The molecular formula is C18H21N5O4. The molecule has 27 heavy (non-hydrogen) atoms. The van der Waals surface area contributed by atoms with E-state index in [1.165, 1.54) is 10.6 Å². The summed E-state index contributed by atoms with van der Waals surface area (Å²) in [5.74, 6) is 0.233. The third-order valence-electron chi connectivity index (χ3n) is 5.44. The van der Waals surface area contributed by atoms with E-state index in [0.717, 1.165) is 25.9 Å². The van der Waals surface area contributed by atoms with Crippen LogP contribution in [-0.4, -0.2) is 51.3 Å². The van der Waals surface area contributed by atoms with Gasteiger partial charge >= 0.3 is 11.2 Å². The van der Waals surface area contributed by atoms with Crippen molar-refractivity contribution in [3.63, 3.8) is 0 Å². The molecule has 0 N–H and O–H groups in total. The fraction of sp³-hybridized carbons (Fsp3) is 0.500. The molecule has 2 aromatic heterocycles. The maximum absolute atomic E-state index is 12.6. The van der Waals surface area contributed by atoms with Gasteiger partial charge in [0.25, 0.3) is 0 Å². The summed E-state index contributed by atoms with van der Waals surface area (Å²) in [5.41, 5.74) is -0.822. The van der Waals surface area contributed by atoms with Gasteiger partial charge in [-0.05, 0) is 37.8 Å². The van der Waals surface area contributed by atoms with Crippen LogP contribution in [-0.2, 0) is 4.79 Å². The average molecular weight is 371 g/mol. The van der Waals surface area contributed by atoms with E-state index in [1.807, 2.05) is 4.90 Å². The third-order valence-corrected chi connectivity index (χ3v) is 5.44. The number of piperidine rings is 1. The molecule has 0 radical (unpaired) electrons. The Balaban J connectivity index is 1.60. The van der Waals surface area contributed by atoms with Crippen molar-refractivity contribution < 1.29 is 9.72 Å². The van der Waals surface area contributed by atoms with Crippen LogP contribution in [0, 0.1) is 16.0 Å². The Morgan fingerprint density at radius 3 is 2.52 bits per heavy atom. The summed E-state index contributed by atoms with van der Waals surface area (Å²) in [6.07, 6.45) is 4.82. The topological polar surface area (TPSA) is 101 Å². The molecule has 1 amide bonds. The quantitative estimate of drug-likeness (QED) is 0.598. The van der Waals surface area contributed by atoms with Gasteiger partial charge < -0.3 is 9.80 Å². The van der Waals surface area contributed by atoms with Crippen LogP contribution in [0.2, 0.25) is 0 Å². The second kappa shape index (κ2) is 6.98. The van der Waals surface area contributed by atoms with Crippen molar-refractivity contribution in [2.45, 2.75) is 25.7 Å². The maximum Gasteiger partial charge on any atom is 0.376 e. The number of pyridine rings is 1. The van der Waals surface area contributed by atoms with Crippen LogP contribution >= 0.6 is 0 Å². The van der Waals surface area contributed by atoms with Crippen molar-refractivity contribution in [2.75, 3.05) is 31.1 Å². The van der Waals surface area contributed by atoms with E-state index in [-0.39, 0.29) is 17.6 Å². The summed E-state index contributed by atoms with van der Waals surface area (Å²) < 4.78 is 1.19. The molecule has 2 saturated heterocycles. The highest BCUT2D eigenvalue weighted by atomic mass is 16.6. The first-order valence-corrected chi connectivity index (χ1v) is 9.26. The lowest BCUT2D eigenvalue weighted by molar-refractivity contribution is -0.385. The van der Waals surface area contributed by atoms with Gasteiger partial charge in [-0.3, -0.25) is 24.1 Å². The number of hydrogen-bond donors (Lipinski definition) is 0. The van der Waals surface area contributed by atoms with Gasteiger partial charge in [0.05, 0.1) is 4.92 Å². The number of carbonyl (C=O) groups excluding carboxylic acids is 1. The fourth-order valence-electron chi connectivity index (χ4n) is 3.98. The van der Waals surface area contributed by atoms with Crippen molar-refractivity contribution in [1.29, 1.82) is 0 Å². The number of nitrogens with zero attached hydrogens (tertiary/aromatic N) is 5. The molecule has 9 nitrogen and oxygen atoms in total. The minimum absolute atomic E-state index is 0.0556. The molecule has 0 unspecified atom stereocenters. The van der Waals surface area contributed by atoms with E-state index >= 15 is 0 Å². The summed E-state index contributed by atoms with van der Waals surface area (Å²) in [4.78, 5) is 44.1. The molecule has 2 fully saturated rings. The van der Waals surface area contributed by atoms with Gasteiger partial charge in [-0.2, -0.15) is 0 Å². The monoisotopic (exact) mass is 371 g/mol. The van der Waals surface area contributed by atoms with E-state index in [2.05, 4.69) is 4.98 Å². The minimum Gasteiger partial charge on any atom is -0.351 e. The van der Waals surface area contributed by atoms with Crippen LogP contribution < -0.4 is 10.5 Å². The summed E-state index contributed by atoms with van der Waals surface area (Å²) in [5, 5.41) is 11.5. The number of nitro groups is 1. The SMILES string of the molecule is O=C(C1CCN(c2nc3ccccn3c(=O)c2[N+](=O)[O-])CC1)N1CCCC1. The van der Waals surface area contributed by atoms with Gasteiger partial charge in [0, 0.05) is 38.3 Å². The number of rotatable bonds is 3. The lowest BCUT2D eigenvalue weighted by Gasteiger charge is -2.33. The third kappa shape index (κ3) is 3.13. The first kappa shape index (κ1) is 17.4. The van der Waals surface area contributed by atoms with Gasteiger partial charge in [0.15, 0.2) is 0 Å². The van der Waals surface area contributed by atoms with E-state index in [0.29, 0.717) is 31.6 Å². The number of likely N-dealkylation sites (tertiary alicyclic amines) is 1. The summed E-state index contributed by atoms with van der Waals surface area (Å²) in [6, 6.07) is 5.02. The van der Waals surface area contributed by atoms with Crippen molar-refractivity contribution in [3.05, 3.63) is 44.9 Å². The Morgan fingerprint density at radius 2 is 1.85 bits per heavy atom. The van der Waals surface area contributed by atoms with Crippen molar-refractivity contribution in [2.24, 2.45) is 5.92 Å². The van der Waals surface area contributed by atoms with Crippen LogP contribution in [0.5, 0.6) is 0 Å². The molecule has 0 bridgehead atoms. The summed E-state index contributed by atoms with van der Waals surface area (Å²) in [7, 11) is 0. The first-order chi connectivity index (χ1) is 13.1. The van der Waals surface area contributed by atoms with E-state index in [4.69, 9.17) is 0 Å². The Hall–Kier alpha value is -2.97. The highest BCUT2D eigenvalue weighted by Gasteiger charge is 2.34. The molecule has 0 aliphatic carbocycles. The Labute approximate surface area is 155 Å². The molecule has 2 aliphatic rings. The standard InChI is InChI=1S/C18H21N5O4/c24-17(21-8-3-4-9-21)13-6-11-20(12-7-13)16-15(23(26)27)18(25)22-10-2-1-5-14(22)19-16/h1-2,5,10,13H,3-4,6-9,11-12H2. The molecule has 2 aromatic rings. The zero-order valence-corrected chi connectivity index (χ0v) is 14.9. The summed E-state index contributed by atoms with van der Waals surface area (Å²) in [6.45, 7) is 2.60. The van der Waals surface area contributed by atoms with Crippen LogP contribution in [0.4, 0.5) is 11.5 Å². The molecule has 142 valence electrons. The largest absolute Gasteiger partial charge is 0.376 e. The molecule has 9 heteroatoms. The predicted molar refractivity (Wildman–Crippen MR) is 98.9 cm³/mol.